The molecule has 4 rings (SSSR count). The van der Waals surface area contributed by atoms with Gasteiger partial charge in [0.05, 0.1) is 0 Å². The zero-order valence-corrected chi connectivity index (χ0v) is 15.3. The van der Waals surface area contributed by atoms with Crippen molar-refractivity contribution in [3.8, 4) is 0 Å². The summed E-state index contributed by atoms with van der Waals surface area (Å²) >= 11 is 0. The minimum Gasteiger partial charge on any atom is -0.443 e. The number of aromatic amines is 1. The molecule has 0 bridgehead atoms. The quantitative estimate of drug-likeness (QED) is 0.710. The van der Waals surface area contributed by atoms with E-state index in [1.165, 1.54) is 6.07 Å². The summed E-state index contributed by atoms with van der Waals surface area (Å²) in [5.41, 5.74) is 0.905. The van der Waals surface area contributed by atoms with Gasteiger partial charge in [0.2, 0.25) is 6.10 Å². The molecule has 2 aromatic carbocycles. The lowest BCUT2D eigenvalue weighted by atomic mass is 10.1. The summed E-state index contributed by atoms with van der Waals surface area (Å²) in [6, 6.07) is 17.1. The van der Waals surface area contributed by atoms with E-state index in [4.69, 9.17) is 4.74 Å². The van der Waals surface area contributed by atoms with Crippen molar-refractivity contribution >= 4 is 22.8 Å². The minimum atomic E-state index is -1.04. The van der Waals surface area contributed by atoms with Crippen LogP contribution in [0.15, 0.2) is 65.5 Å². The van der Waals surface area contributed by atoms with Crippen LogP contribution in [0.1, 0.15) is 35.0 Å². The van der Waals surface area contributed by atoms with E-state index < -0.39 is 12.1 Å². The first-order chi connectivity index (χ1) is 13.6. The maximum atomic E-state index is 13.0. The van der Waals surface area contributed by atoms with Crippen LogP contribution in [-0.2, 0) is 9.53 Å². The van der Waals surface area contributed by atoms with E-state index in [0.29, 0.717) is 29.6 Å². The van der Waals surface area contributed by atoms with Crippen LogP contribution in [0.3, 0.4) is 0 Å². The summed E-state index contributed by atoms with van der Waals surface area (Å²) in [6.07, 6.45) is 0.847. The molecule has 142 valence electrons. The maximum Gasteiger partial charge on any atom is 0.356 e. The zero-order valence-electron chi connectivity index (χ0n) is 15.3. The highest BCUT2D eigenvalue weighted by molar-refractivity contribution is 5.93. The van der Waals surface area contributed by atoms with E-state index in [1.807, 2.05) is 6.07 Å². The third-order valence-electron chi connectivity index (χ3n) is 4.93. The maximum absolute atomic E-state index is 13.0. The van der Waals surface area contributed by atoms with Crippen LogP contribution in [0.2, 0.25) is 0 Å². The number of H-pyrrole nitrogens is 1. The fraction of sp³-hybridized carbons (Fsp3) is 0.227. The number of aromatic nitrogens is 1. The highest BCUT2D eigenvalue weighted by atomic mass is 16.5. The lowest BCUT2D eigenvalue weighted by Crippen LogP contribution is -2.35. The molecule has 1 amide bonds. The van der Waals surface area contributed by atoms with Crippen molar-refractivity contribution in [3.63, 3.8) is 0 Å². The van der Waals surface area contributed by atoms with Gasteiger partial charge < -0.3 is 14.6 Å². The number of carbonyl (C=O) groups is 2. The van der Waals surface area contributed by atoms with Gasteiger partial charge in [-0.15, -0.1) is 0 Å². The van der Waals surface area contributed by atoms with Crippen molar-refractivity contribution in [1.29, 1.82) is 0 Å². The number of likely N-dealkylation sites (tertiary alicyclic amines) is 1. The fourth-order valence-corrected chi connectivity index (χ4v) is 3.47. The number of pyridine rings is 1. The van der Waals surface area contributed by atoms with Gasteiger partial charge in [0.15, 0.2) is 5.43 Å². The summed E-state index contributed by atoms with van der Waals surface area (Å²) in [6.45, 7) is 1.32. The Morgan fingerprint density at radius 2 is 1.64 bits per heavy atom. The largest absolute Gasteiger partial charge is 0.443 e. The smallest absolute Gasteiger partial charge is 0.356 e. The van der Waals surface area contributed by atoms with E-state index in [0.717, 1.165) is 12.8 Å². The van der Waals surface area contributed by atoms with Crippen molar-refractivity contribution in [2.45, 2.75) is 18.9 Å². The third-order valence-corrected chi connectivity index (χ3v) is 4.93. The summed E-state index contributed by atoms with van der Waals surface area (Å²) in [7, 11) is 0. The number of hydrogen-bond acceptors (Lipinski definition) is 4. The molecular formula is C22H20N2O4. The van der Waals surface area contributed by atoms with Crippen LogP contribution < -0.4 is 5.43 Å². The second-order valence-electron chi connectivity index (χ2n) is 6.82. The highest BCUT2D eigenvalue weighted by Crippen LogP contribution is 2.24. The van der Waals surface area contributed by atoms with Gasteiger partial charge in [-0.1, -0.05) is 42.5 Å². The van der Waals surface area contributed by atoms with Gasteiger partial charge >= 0.3 is 5.97 Å². The second kappa shape index (κ2) is 7.68. The monoisotopic (exact) mass is 376 g/mol. The number of fused-ring (bicyclic) bond motifs is 1. The first kappa shape index (κ1) is 18.0. The molecule has 6 heteroatoms. The Bertz CT molecular complexity index is 1070. The molecule has 0 aliphatic carbocycles. The topological polar surface area (TPSA) is 79.5 Å². The summed E-state index contributed by atoms with van der Waals surface area (Å²) in [5, 5.41) is 0.492. The average molecular weight is 376 g/mol. The molecule has 1 fully saturated rings. The van der Waals surface area contributed by atoms with E-state index in [2.05, 4.69) is 4.98 Å². The Labute approximate surface area is 161 Å². The molecule has 1 saturated heterocycles. The summed E-state index contributed by atoms with van der Waals surface area (Å²) in [5.74, 6) is -0.968. The number of para-hydroxylation sites is 1. The van der Waals surface area contributed by atoms with Gasteiger partial charge in [-0.25, -0.2) is 4.79 Å². The lowest BCUT2D eigenvalue weighted by Gasteiger charge is -2.23. The number of benzene rings is 2. The van der Waals surface area contributed by atoms with E-state index in [-0.39, 0.29) is 17.0 Å². The van der Waals surface area contributed by atoms with Crippen molar-refractivity contribution in [2.24, 2.45) is 0 Å². The summed E-state index contributed by atoms with van der Waals surface area (Å²) in [4.78, 5) is 42.7. The molecular weight excluding hydrogens is 356 g/mol. The molecule has 1 atom stereocenters. The molecule has 0 spiro atoms. The van der Waals surface area contributed by atoms with E-state index in [1.54, 1.807) is 53.4 Å². The molecule has 0 unspecified atom stereocenters. The zero-order chi connectivity index (χ0) is 19.5. The van der Waals surface area contributed by atoms with Crippen molar-refractivity contribution in [3.05, 3.63) is 82.1 Å². The van der Waals surface area contributed by atoms with Crippen molar-refractivity contribution in [1.82, 2.24) is 9.88 Å². The van der Waals surface area contributed by atoms with Gasteiger partial charge in [-0.05, 0) is 25.0 Å². The SMILES string of the molecule is O=C(O[C@H](C(=O)N1CCCC1)c1ccccc1)c1cc(=O)c2ccccc2[nH]1. The Morgan fingerprint density at radius 1 is 0.964 bits per heavy atom. The molecule has 1 N–H and O–H groups in total. The Hall–Kier alpha value is -3.41. The van der Waals surface area contributed by atoms with E-state index >= 15 is 0 Å². The predicted octanol–water partition coefficient (Wildman–Crippen LogP) is 3.05. The van der Waals surface area contributed by atoms with Gasteiger partial charge in [0.25, 0.3) is 5.91 Å². The molecule has 28 heavy (non-hydrogen) atoms. The number of esters is 1. The molecule has 2 heterocycles. The number of carbonyl (C=O) groups excluding carboxylic acids is 2. The number of hydrogen-bond donors (Lipinski definition) is 1. The lowest BCUT2D eigenvalue weighted by molar-refractivity contribution is -0.140. The Morgan fingerprint density at radius 3 is 2.39 bits per heavy atom. The third kappa shape index (κ3) is 3.53. The van der Waals surface area contributed by atoms with Crippen molar-refractivity contribution < 1.29 is 14.3 Å². The number of amides is 1. The minimum absolute atomic E-state index is 0.0267. The Kier molecular flexibility index (Phi) is 4.93. The molecule has 0 saturated carbocycles. The normalized spacial score (nSPS) is 14.8. The number of rotatable bonds is 4. The van der Waals surface area contributed by atoms with Gasteiger partial charge in [0.1, 0.15) is 5.69 Å². The van der Waals surface area contributed by atoms with Gasteiger partial charge in [-0.3, -0.25) is 9.59 Å². The van der Waals surface area contributed by atoms with Gasteiger partial charge in [-0.2, -0.15) is 0 Å². The number of ether oxygens (including phenoxy) is 1. The highest BCUT2D eigenvalue weighted by Gasteiger charge is 2.31. The molecule has 1 aromatic heterocycles. The van der Waals surface area contributed by atoms with Gasteiger partial charge in [0, 0.05) is 35.6 Å². The van der Waals surface area contributed by atoms with Crippen LogP contribution in [0.5, 0.6) is 0 Å². The average Bonchev–Trinajstić information content (AvgIpc) is 3.27. The van der Waals surface area contributed by atoms with Crippen LogP contribution >= 0.6 is 0 Å². The molecule has 1 aliphatic heterocycles. The fourth-order valence-electron chi connectivity index (χ4n) is 3.47. The number of nitrogens with one attached hydrogen (secondary N) is 1. The van der Waals surface area contributed by atoms with Crippen LogP contribution in [0.4, 0.5) is 0 Å². The van der Waals surface area contributed by atoms with Crippen LogP contribution in [0.25, 0.3) is 10.9 Å². The van der Waals surface area contributed by atoms with E-state index in [9.17, 15) is 14.4 Å². The second-order valence-corrected chi connectivity index (χ2v) is 6.82. The van der Waals surface area contributed by atoms with Crippen LogP contribution in [-0.4, -0.2) is 34.8 Å². The standard InChI is InChI=1S/C22H20N2O4/c25-19-14-18(23-17-11-5-4-10-16(17)19)22(27)28-20(15-8-2-1-3-9-15)21(26)24-12-6-7-13-24/h1-5,8-11,14,20H,6-7,12-13H2,(H,23,25)/t20-/m0/s1. The Balaban J connectivity index is 1.65. The molecule has 1 aliphatic rings. The van der Waals surface area contributed by atoms with Crippen LogP contribution in [0, 0.1) is 0 Å². The predicted molar refractivity (Wildman–Crippen MR) is 105 cm³/mol. The molecule has 0 radical (unpaired) electrons. The molecule has 6 nitrogen and oxygen atoms in total. The first-order valence-electron chi connectivity index (χ1n) is 9.30. The molecule has 3 aromatic rings. The van der Waals surface area contributed by atoms with Crippen molar-refractivity contribution in [2.75, 3.05) is 13.1 Å². The summed E-state index contributed by atoms with van der Waals surface area (Å²) < 4.78 is 5.60. The number of nitrogens with zero attached hydrogens (tertiary/aromatic N) is 1. The first-order valence-corrected chi connectivity index (χ1v) is 9.30.